The van der Waals surface area contributed by atoms with Gasteiger partial charge in [0.15, 0.2) is 0 Å². The molecule has 1 aromatic rings. The number of rotatable bonds is 7. The SMILES string of the molecule is CCCNCC(CCC)n1cc(C)cn1. The number of aryl methyl sites for hydroxylation is 1. The van der Waals surface area contributed by atoms with Crippen LogP contribution in [-0.4, -0.2) is 22.9 Å². The third kappa shape index (κ3) is 4.04. The Kier molecular flexibility index (Phi) is 5.40. The molecule has 15 heavy (non-hydrogen) atoms. The second kappa shape index (κ2) is 6.62. The summed E-state index contributed by atoms with van der Waals surface area (Å²) in [6.45, 7) is 8.64. The van der Waals surface area contributed by atoms with Gasteiger partial charge >= 0.3 is 0 Å². The van der Waals surface area contributed by atoms with Gasteiger partial charge in [-0.3, -0.25) is 4.68 Å². The molecule has 1 unspecified atom stereocenters. The van der Waals surface area contributed by atoms with Gasteiger partial charge in [-0.05, 0) is 31.9 Å². The van der Waals surface area contributed by atoms with Gasteiger partial charge < -0.3 is 5.32 Å². The molecule has 1 N–H and O–H groups in total. The minimum absolute atomic E-state index is 0.509. The molecule has 0 aliphatic heterocycles. The van der Waals surface area contributed by atoms with Crippen LogP contribution in [0.15, 0.2) is 12.4 Å². The molecule has 0 bridgehead atoms. The van der Waals surface area contributed by atoms with Crippen molar-refractivity contribution in [2.24, 2.45) is 0 Å². The van der Waals surface area contributed by atoms with Crippen molar-refractivity contribution in [3.05, 3.63) is 18.0 Å². The van der Waals surface area contributed by atoms with Crippen LogP contribution in [0.2, 0.25) is 0 Å². The van der Waals surface area contributed by atoms with Crippen molar-refractivity contribution in [1.29, 1.82) is 0 Å². The van der Waals surface area contributed by atoms with E-state index in [1.807, 2.05) is 6.20 Å². The Balaban J connectivity index is 2.49. The molecule has 0 spiro atoms. The van der Waals surface area contributed by atoms with Crippen molar-refractivity contribution in [3.63, 3.8) is 0 Å². The molecule has 0 saturated carbocycles. The number of aromatic nitrogens is 2. The molecule has 1 atom stereocenters. The molecule has 0 aliphatic carbocycles. The molecule has 0 amide bonds. The lowest BCUT2D eigenvalue weighted by Gasteiger charge is -2.17. The first-order valence-electron chi connectivity index (χ1n) is 5.99. The zero-order chi connectivity index (χ0) is 11.1. The zero-order valence-electron chi connectivity index (χ0n) is 10.2. The third-order valence-electron chi connectivity index (χ3n) is 2.53. The van der Waals surface area contributed by atoms with Crippen LogP contribution in [-0.2, 0) is 0 Å². The first kappa shape index (κ1) is 12.2. The topological polar surface area (TPSA) is 29.9 Å². The van der Waals surface area contributed by atoms with Gasteiger partial charge in [-0.1, -0.05) is 20.3 Å². The summed E-state index contributed by atoms with van der Waals surface area (Å²) in [7, 11) is 0. The number of nitrogens with one attached hydrogen (secondary N) is 1. The van der Waals surface area contributed by atoms with Gasteiger partial charge in [0.2, 0.25) is 0 Å². The summed E-state index contributed by atoms with van der Waals surface area (Å²) in [6.07, 6.45) is 7.66. The molecule has 0 saturated heterocycles. The van der Waals surface area contributed by atoms with Gasteiger partial charge in [-0.25, -0.2) is 0 Å². The largest absolute Gasteiger partial charge is 0.315 e. The summed E-state index contributed by atoms with van der Waals surface area (Å²) < 4.78 is 2.10. The van der Waals surface area contributed by atoms with Crippen molar-refractivity contribution >= 4 is 0 Å². The fourth-order valence-corrected chi connectivity index (χ4v) is 1.74. The monoisotopic (exact) mass is 209 g/mol. The lowest BCUT2D eigenvalue weighted by atomic mass is 10.1. The van der Waals surface area contributed by atoms with Crippen molar-refractivity contribution in [1.82, 2.24) is 15.1 Å². The summed E-state index contributed by atoms with van der Waals surface area (Å²) in [6, 6.07) is 0.509. The van der Waals surface area contributed by atoms with E-state index in [4.69, 9.17) is 0 Å². The van der Waals surface area contributed by atoms with E-state index in [-0.39, 0.29) is 0 Å². The number of hydrogen-bond acceptors (Lipinski definition) is 2. The second-order valence-corrected chi connectivity index (χ2v) is 4.14. The van der Waals surface area contributed by atoms with Crippen LogP contribution in [0.25, 0.3) is 0 Å². The summed E-state index contributed by atoms with van der Waals surface area (Å²) in [4.78, 5) is 0. The second-order valence-electron chi connectivity index (χ2n) is 4.14. The van der Waals surface area contributed by atoms with Crippen LogP contribution in [0.3, 0.4) is 0 Å². The smallest absolute Gasteiger partial charge is 0.0643 e. The Morgan fingerprint density at radius 2 is 2.20 bits per heavy atom. The van der Waals surface area contributed by atoms with E-state index >= 15 is 0 Å². The molecule has 0 aliphatic rings. The Labute approximate surface area is 92.9 Å². The van der Waals surface area contributed by atoms with Crippen molar-refractivity contribution in [3.8, 4) is 0 Å². The molecule has 1 rings (SSSR count). The van der Waals surface area contributed by atoms with Gasteiger partial charge in [-0.15, -0.1) is 0 Å². The highest BCUT2D eigenvalue weighted by molar-refractivity contribution is 5.00. The van der Waals surface area contributed by atoms with Crippen molar-refractivity contribution < 1.29 is 0 Å². The highest BCUT2D eigenvalue weighted by atomic mass is 15.3. The lowest BCUT2D eigenvalue weighted by Crippen LogP contribution is -2.26. The normalized spacial score (nSPS) is 13.0. The fourth-order valence-electron chi connectivity index (χ4n) is 1.74. The van der Waals surface area contributed by atoms with E-state index in [0.717, 1.165) is 13.1 Å². The Bertz CT molecular complexity index is 268. The Hall–Kier alpha value is -0.830. The maximum Gasteiger partial charge on any atom is 0.0643 e. The van der Waals surface area contributed by atoms with E-state index in [1.165, 1.54) is 24.8 Å². The van der Waals surface area contributed by atoms with Gasteiger partial charge in [-0.2, -0.15) is 5.10 Å². The molecule has 1 heterocycles. The average Bonchev–Trinajstić information content (AvgIpc) is 2.64. The van der Waals surface area contributed by atoms with E-state index in [2.05, 4.69) is 42.1 Å². The van der Waals surface area contributed by atoms with Crippen LogP contribution >= 0.6 is 0 Å². The van der Waals surface area contributed by atoms with E-state index in [9.17, 15) is 0 Å². The zero-order valence-corrected chi connectivity index (χ0v) is 10.2. The standard InChI is InChI=1S/C12H23N3/c1-4-6-12(9-13-7-5-2)15-10-11(3)8-14-15/h8,10,12-13H,4-7,9H2,1-3H3. The maximum absolute atomic E-state index is 4.39. The van der Waals surface area contributed by atoms with Gasteiger partial charge in [0.25, 0.3) is 0 Å². The minimum Gasteiger partial charge on any atom is -0.315 e. The quantitative estimate of drug-likeness (QED) is 0.699. The van der Waals surface area contributed by atoms with Crippen LogP contribution in [0.1, 0.15) is 44.7 Å². The molecule has 3 nitrogen and oxygen atoms in total. The molecule has 3 heteroatoms. The minimum atomic E-state index is 0.509. The van der Waals surface area contributed by atoms with Crippen LogP contribution in [0, 0.1) is 6.92 Å². The fraction of sp³-hybridized carbons (Fsp3) is 0.750. The van der Waals surface area contributed by atoms with E-state index in [0.29, 0.717) is 6.04 Å². The summed E-state index contributed by atoms with van der Waals surface area (Å²) in [5.74, 6) is 0. The molecule has 0 radical (unpaired) electrons. The summed E-state index contributed by atoms with van der Waals surface area (Å²) in [5, 5.41) is 7.86. The van der Waals surface area contributed by atoms with Crippen LogP contribution in [0.5, 0.6) is 0 Å². The van der Waals surface area contributed by atoms with Gasteiger partial charge in [0.05, 0.1) is 12.2 Å². The lowest BCUT2D eigenvalue weighted by molar-refractivity contribution is 0.396. The summed E-state index contributed by atoms with van der Waals surface area (Å²) >= 11 is 0. The maximum atomic E-state index is 4.39. The van der Waals surface area contributed by atoms with E-state index < -0.39 is 0 Å². The van der Waals surface area contributed by atoms with Crippen LogP contribution < -0.4 is 5.32 Å². The molecule has 0 fully saturated rings. The molecular weight excluding hydrogens is 186 g/mol. The third-order valence-corrected chi connectivity index (χ3v) is 2.53. The molecule has 0 aromatic carbocycles. The molecule has 86 valence electrons. The highest BCUT2D eigenvalue weighted by Crippen LogP contribution is 2.12. The van der Waals surface area contributed by atoms with E-state index in [1.54, 1.807) is 0 Å². The first-order valence-corrected chi connectivity index (χ1v) is 5.99. The Morgan fingerprint density at radius 1 is 1.40 bits per heavy atom. The van der Waals surface area contributed by atoms with Crippen molar-refractivity contribution in [2.75, 3.05) is 13.1 Å². The predicted molar refractivity (Wildman–Crippen MR) is 64.1 cm³/mol. The molecule has 1 aromatic heterocycles. The van der Waals surface area contributed by atoms with Crippen molar-refractivity contribution in [2.45, 2.75) is 46.1 Å². The number of nitrogens with zero attached hydrogens (tertiary/aromatic N) is 2. The Morgan fingerprint density at radius 3 is 2.73 bits per heavy atom. The summed E-state index contributed by atoms with van der Waals surface area (Å²) in [5.41, 5.74) is 1.24. The molecular formula is C12H23N3. The van der Waals surface area contributed by atoms with Gasteiger partial charge in [0, 0.05) is 12.7 Å². The number of hydrogen-bond donors (Lipinski definition) is 1. The highest BCUT2D eigenvalue weighted by Gasteiger charge is 2.09. The first-order chi connectivity index (χ1) is 7.27. The van der Waals surface area contributed by atoms with Gasteiger partial charge in [0.1, 0.15) is 0 Å². The van der Waals surface area contributed by atoms with Crippen LogP contribution in [0.4, 0.5) is 0 Å². The average molecular weight is 209 g/mol. The predicted octanol–water partition coefficient (Wildman–Crippen LogP) is 2.53.